The van der Waals surface area contributed by atoms with Crippen LogP contribution < -0.4 is 10.6 Å². The van der Waals surface area contributed by atoms with E-state index in [9.17, 15) is 8.42 Å². The van der Waals surface area contributed by atoms with E-state index in [0.29, 0.717) is 37.9 Å². The number of benzene rings is 1. The van der Waals surface area contributed by atoms with Crippen molar-refractivity contribution in [3.8, 4) is 0 Å². The van der Waals surface area contributed by atoms with Gasteiger partial charge in [0.15, 0.2) is 21.6 Å². The number of nitrogens with zero attached hydrogens (tertiary/aromatic N) is 4. The summed E-state index contributed by atoms with van der Waals surface area (Å²) >= 11 is 0. The van der Waals surface area contributed by atoms with Crippen LogP contribution in [0.3, 0.4) is 0 Å². The summed E-state index contributed by atoms with van der Waals surface area (Å²) in [5.41, 5.74) is 0.819. The maximum absolute atomic E-state index is 12.3. The highest BCUT2D eigenvalue weighted by atomic mass is 32.2. The van der Waals surface area contributed by atoms with Gasteiger partial charge in [-0.15, -0.1) is 0 Å². The molecule has 1 aromatic carbocycles. The van der Waals surface area contributed by atoms with Gasteiger partial charge in [0.1, 0.15) is 12.4 Å². The van der Waals surface area contributed by atoms with Crippen molar-refractivity contribution < 1.29 is 13.2 Å². The van der Waals surface area contributed by atoms with Crippen molar-refractivity contribution in [3.05, 3.63) is 47.5 Å². The summed E-state index contributed by atoms with van der Waals surface area (Å²) in [5.74, 6) is 2.59. The van der Waals surface area contributed by atoms with Crippen LogP contribution in [0.4, 0.5) is 0 Å². The monoisotopic (exact) mass is 448 g/mol. The minimum Gasteiger partial charge on any atom is -0.377 e. The number of methoxy groups -OCH3 is 1. The fourth-order valence-corrected chi connectivity index (χ4v) is 4.97. The van der Waals surface area contributed by atoms with Crippen LogP contribution in [-0.2, 0) is 39.9 Å². The largest absolute Gasteiger partial charge is 0.377 e. The van der Waals surface area contributed by atoms with Crippen molar-refractivity contribution in [2.75, 3.05) is 26.0 Å². The number of aryl methyl sites for hydroxylation is 1. The third-order valence-corrected chi connectivity index (χ3v) is 6.66. The Kier molecular flexibility index (Phi) is 8.42. The normalized spacial score (nSPS) is 16.7. The summed E-state index contributed by atoms with van der Waals surface area (Å²) in [6, 6.07) is 9.46. The second-order valence-corrected chi connectivity index (χ2v) is 9.82. The first kappa shape index (κ1) is 23.2. The van der Waals surface area contributed by atoms with Crippen molar-refractivity contribution >= 4 is 15.8 Å². The van der Waals surface area contributed by atoms with Crippen LogP contribution in [0.1, 0.15) is 37.0 Å². The van der Waals surface area contributed by atoms with E-state index in [1.807, 2.05) is 41.9 Å². The van der Waals surface area contributed by atoms with Gasteiger partial charge in [-0.25, -0.2) is 18.1 Å². The topological polar surface area (TPSA) is 110 Å². The van der Waals surface area contributed by atoms with Crippen LogP contribution in [0.15, 0.2) is 35.3 Å². The maximum atomic E-state index is 12.3. The summed E-state index contributed by atoms with van der Waals surface area (Å²) < 4.78 is 31.7. The van der Waals surface area contributed by atoms with Crippen molar-refractivity contribution in [2.24, 2.45) is 4.99 Å². The van der Waals surface area contributed by atoms with Gasteiger partial charge in [0, 0.05) is 32.7 Å². The molecule has 0 radical (unpaired) electrons. The Morgan fingerprint density at radius 2 is 2.13 bits per heavy atom. The van der Waals surface area contributed by atoms with Crippen LogP contribution in [0.2, 0.25) is 0 Å². The quantitative estimate of drug-likeness (QED) is 0.320. The summed E-state index contributed by atoms with van der Waals surface area (Å²) in [6.07, 6.45) is 2.26. The lowest BCUT2D eigenvalue weighted by Crippen LogP contribution is -2.47. The molecule has 0 saturated carbocycles. The molecule has 1 aliphatic heterocycles. The first-order valence-electron chi connectivity index (χ1n) is 10.7. The molecule has 10 heteroatoms. The molecule has 0 aliphatic carbocycles. The highest BCUT2D eigenvalue weighted by molar-refractivity contribution is 7.90. The van der Waals surface area contributed by atoms with E-state index in [0.717, 1.165) is 30.8 Å². The Morgan fingerprint density at radius 3 is 2.87 bits per heavy atom. The minimum atomic E-state index is -3.15. The van der Waals surface area contributed by atoms with E-state index in [-0.39, 0.29) is 17.5 Å². The third-order valence-electron chi connectivity index (χ3n) is 4.97. The Hall–Kier alpha value is -2.46. The predicted octanol–water partition coefficient (Wildman–Crippen LogP) is 1.30. The van der Waals surface area contributed by atoms with Gasteiger partial charge in [0.2, 0.25) is 0 Å². The van der Waals surface area contributed by atoms with Gasteiger partial charge in [0.05, 0.1) is 18.1 Å². The minimum absolute atomic E-state index is 0.0727. The molecule has 170 valence electrons. The molecule has 31 heavy (non-hydrogen) atoms. The third kappa shape index (κ3) is 7.32. The number of hydrogen-bond acceptors (Lipinski definition) is 6. The highest BCUT2D eigenvalue weighted by Crippen LogP contribution is 2.13. The average molecular weight is 449 g/mol. The number of aliphatic imine (C=N–C) groups is 1. The summed E-state index contributed by atoms with van der Waals surface area (Å²) in [6.45, 7) is 4.31. The number of rotatable bonds is 10. The standard InChI is InChI=1S/C21H32N6O3S/c1-3-22-21(23-12-7-13-31(28,29)16-17-8-5-4-6-9-17)24-18-10-11-20-25-19(15-30-2)26-27(20)14-18/h4-6,8-9,18H,3,7,10-16H2,1-2H3,(H2,22,23,24). The SMILES string of the molecule is CCNC(=NCCCS(=O)(=O)Cc1ccccc1)NC1CCc2nc(COC)nn2C1. The lowest BCUT2D eigenvalue weighted by molar-refractivity contribution is 0.177. The fourth-order valence-electron chi connectivity index (χ4n) is 3.56. The highest BCUT2D eigenvalue weighted by Gasteiger charge is 2.22. The molecular formula is C21H32N6O3S. The first-order chi connectivity index (χ1) is 15.0. The number of sulfone groups is 1. The lowest BCUT2D eigenvalue weighted by atomic mass is 10.1. The number of hydrogen-bond donors (Lipinski definition) is 2. The molecule has 0 amide bonds. The van der Waals surface area contributed by atoms with Crippen molar-refractivity contribution in [1.82, 2.24) is 25.4 Å². The van der Waals surface area contributed by atoms with E-state index < -0.39 is 9.84 Å². The van der Waals surface area contributed by atoms with Crippen LogP contribution >= 0.6 is 0 Å². The smallest absolute Gasteiger partial charge is 0.191 e. The molecule has 1 atom stereocenters. The fraction of sp³-hybridized carbons (Fsp3) is 0.571. The second kappa shape index (κ2) is 11.2. The van der Waals surface area contributed by atoms with Gasteiger partial charge in [-0.1, -0.05) is 30.3 Å². The molecule has 0 fully saturated rings. The van der Waals surface area contributed by atoms with Crippen LogP contribution in [0.5, 0.6) is 0 Å². The second-order valence-electron chi connectivity index (χ2n) is 7.63. The number of nitrogens with one attached hydrogen (secondary N) is 2. The zero-order valence-electron chi connectivity index (χ0n) is 18.2. The van der Waals surface area contributed by atoms with Gasteiger partial charge in [0.25, 0.3) is 0 Å². The van der Waals surface area contributed by atoms with Crippen LogP contribution in [0.25, 0.3) is 0 Å². The molecule has 2 heterocycles. The molecule has 0 saturated heterocycles. The first-order valence-corrected chi connectivity index (χ1v) is 12.5. The van der Waals surface area contributed by atoms with Crippen molar-refractivity contribution in [1.29, 1.82) is 0 Å². The summed E-state index contributed by atoms with van der Waals surface area (Å²) in [7, 11) is -1.51. The van der Waals surface area contributed by atoms with Crippen LogP contribution in [0, 0.1) is 0 Å². The molecule has 9 nitrogen and oxygen atoms in total. The molecule has 1 unspecified atom stereocenters. The lowest BCUT2D eigenvalue weighted by Gasteiger charge is -2.25. The number of guanidine groups is 1. The van der Waals surface area contributed by atoms with E-state index >= 15 is 0 Å². The summed E-state index contributed by atoms with van der Waals surface area (Å²) in [5, 5.41) is 11.2. The van der Waals surface area contributed by atoms with E-state index in [1.165, 1.54) is 0 Å². The van der Waals surface area contributed by atoms with Gasteiger partial charge in [-0.3, -0.25) is 4.99 Å². The molecule has 0 bridgehead atoms. The Balaban J connectivity index is 1.49. The molecule has 3 rings (SSSR count). The average Bonchev–Trinajstić information content (AvgIpc) is 3.14. The number of fused-ring (bicyclic) bond motifs is 1. The number of ether oxygens (including phenoxy) is 1. The molecule has 1 aromatic heterocycles. The zero-order valence-corrected chi connectivity index (χ0v) is 19.1. The van der Waals surface area contributed by atoms with Crippen LogP contribution in [-0.4, -0.2) is 61.1 Å². The van der Waals surface area contributed by atoms with E-state index in [1.54, 1.807) is 7.11 Å². The van der Waals surface area contributed by atoms with Gasteiger partial charge in [-0.05, 0) is 25.3 Å². The summed E-state index contributed by atoms with van der Waals surface area (Å²) in [4.78, 5) is 9.07. The van der Waals surface area contributed by atoms with Crippen molar-refractivity contribution in [2.45, 2.75) is 51.1 Å². The molecule has 0 spiro atoms. The van der Waals surface area contributed by atoms with Gasteiger partial charge < -0.3 is 15.4 Å². The number of aromatic nitrogens is 3. The van der Waals surface area contributed by atoms with Crippen molar-refractivity contribution in [3.63, 3.8) is 0 Å². The molecule has 2 aromatic rings. The van der Waals surface area contributed by atoms with Gasteiger partial charge in [-0.2, -0.15) is 5.10 Å². The Bertz CT molecular complexity index is 959. The molecule has 1 aliphatic rings. The van der Waals surface area contributed by atoms with E-state index in [4.69, 9.17) is 4.74 Å². The van der Waals surface area contributed by atoms with Gasteiger partial charge >= 0.3 is 0 Å². The van der Waals surface area contributed by atoms with E-state index in [2.05, 4.69) is 25.7 Å². The molecule has 2 N–H and O–H groups in total. The Labute approximate surface area is 184 Å². The zero-order chi connectivity index (χ0) is 22.1. The maximum Gasteiger partial charge on any atom is 0.191 e. The predicted molar refractivity (Wildman–Crippen MR) is 121 cm³/mol. The molecular weight excluding hydrogens is 416 g/mol. The Morgan fingerprint density at radius 1 is 1.32 bits per heavy atom.